The summed E-state index contributed by atoms with van der Waals surface area (Å²) in [5.41, 5.74) is 1.52. The van der Waals surface area contributed by atoms with Crippen molar-refractivity contribution >= 4 is 5.91 Å². The van der Waals surface area contributed by atoms with E-state index in [1.54, 1.807) is 13.2 Å². The SMILES string of the molecule is COCCNC(=O)c1cccc(C2CCNCC2)n1. The number of aromatic nitrogens is 1. The monoisotopic (exact) mass is 263 g/mol. The van der Waals surface area contributed by atoms with Crippen molar-refractivity contribution < 1.29 is 9.53 Å². The van der Waals surface area contributed by atoms with E-state index in [9.17, 15) is 4.79 Å². The second-order valence-electron chi connectivity index (χ2n) is 4.72. The predicted octanol–water partition coefficient (Wildman–Crippen LogP) is 0.925. The summed E-state index contributed by atoms with van der Waals surface area (Å²) in [4.78, 5) is 16.4. The minimum Gasteiger partial charge on any atom is -0.383 e. The quantitative estimate of drug-likeness (QED) is 0.776. The molecular weight excluding hydrogens is 242 g/mol. The average molecular weight is 263 g/mol. The van der Waals surface area contributed by atoms with Gasteiger partial charge in [-0.2, -0.15) is 0 Å². The standard InChI is InChI=1S/C14H21N3O2/c1-19-10-9-16-14(18)13-4-2-3-12(17-13)11-5-7-15-8-6-11/h2-4,11,15H,5-10H2,1H3,(H,16,18). The second kappa shape index (κ2) is 7.21. The lowest BCUT2D eigenvalue weighted by Gasteiger charge is -2.22. The number of carbonyl (C=O) groups is 1. The molecule has 104 valence electrons. The second-order valence-corrected chi connectivity index (χ2v) is 4.72. The number of amides is 1. The highest BCUT2D eigenvalue weighted by Gasteiger charge is 2.17. The van der Waals surface area contributed by atoms with Gasteiger partial charge in [0.05, 0.1) is 6.61 Å². The first-order chi connectivity index (χ1) is 9.31. The summed E-state index contributed by atoms with van der Waals surface area (Å²) < 4.78 is 4.90. The fourth-order valence-corrected chi connectivity index (χ4v) is 2.28. The van der Waals surface area contributed by atoms with E-state index in [0.29, 0.717) is 24.8 Å². The summed E-state index contributed by atoms with van der Waals surface area (Å²) in [5, 5.41) is 6.13. The highest BCUT2D eigenvalue weighted by molar-refractivity contribution is 5.92. The third kappa shape index (κ3) is 4.01. The van der Waals surface area contributed by atoms with Crippen LogP contribution in [0.1, 0.15) is 34.9 Å². The minimum absolute atomic E-state index is 0.132. The van der Waals surface area contributed by atoms with Crippen molar-refractivity contribution in [2.75, 3.05) is 33.4 Å². The topological polar surface area (TPSA) is 63.2 Å². The fourth-order valence-electron chi connectivity index (χ4n) is 2.28. The van der Waals surface area contributed by atoms with Crippen molar-refractivity contribution in [3.05, 3.63) is 29.6 Å². The maximum Gasteiger partial charge on any atom is 0.269 e. The van der Waals surface area contributed by atoms with Gasteiger partial charge in [0.1, 0.15) is 5.69 Å². The molecule has 1 aliphatic heterocycles. The first-order valence-electron chi connectivity index (χ1n) is 6.76. The van der Waals surface area contributed by atoms with E-state index >= 15 is 0 Å². The Hall–Kier alpha value is -1.46. The lowest BCUT2D eigenvalue weighted by molar-refractivity contribution is 0.0932. The molecule has 0 atom stereocenters. The zero-order valence-corrected chi connectivity index (χ0v) is 11.3. The van der Waals surface area contributed by atoms with Gasteiger partial charge < -0.3 is 15.4 Å². The van der Waals surface area contributed by atoms with Gasteiger partial charge in [-0.25, -0.2) is 4.98 Å². The van der Waals surface area contributed by atoms with E-state index in [1.165, 1.54) is 0 Å². The minimum atomic E-state index is -0.132. The van der Waals surface area contributed by atoms with Gasteiger partial charge in [0, 0.05) is 25.3 Å². The number of rotatable bonds is 5. The molecule has 0 spiro atoms. The molecule has 0 saturated carbocycles. The number of hydrogen-bond acceptors (Lipinski definition) is 4. The maximum absolute atomic E-state index is 11.9. The molecule has 2 rings (SSSR count). The van der Waals surface area contributed by atoms with Crippen molar-refractivity contribution in [1.29, 1.82) is 0 Å². The van der Waals surface area contributed by atoms with Crippen LogP contribution in [-0.4, -0.2) is 44.2 Å². The molecule has 2 N–H and O–H groups in total. The molecule has 0 aromatic carbocycles. The first-order valence-corrected chi connectivity index (χ1v) is 6.76. The smallest absolute Gasteiger partial charge is 0.269 e. The van der Waals surface area contributed by atoms with Gasteiger partial charge in [-0.1, -0.05) is 6.07 Å². The fraction of sp³-hybridized carbons (Fsp3) is 0.571. The number of pyridine rings is 1. The molecule has 1 aliphatic rings. The normalized spacial score (nSPS) is 16.3. The van der Waals surface area contributed by atoms with Crippen molar-refractivity contribution in [2.24, 2.45) is 0 Å². The van der Waals surface area contributed by atoms with Crippen LogP contribution >= 0.6 is 0 Å². The van der Waals surface area contributed by atoms with Crippen LogP contribution in [0, 0.1) is 0 Å². The van der Waals surface area contributed by atoms with Crippen LogP contribution in [0.2, 0.25) is 0 Å². The lowest BCUT2D eigenvalue weighted by atomic mass is 9.94. The molecule has 1 aromatic heterocycles. The summed E-state index contributed by atoms with van der Waals surface area (Å²) in [5.74, 6) is 0.334. The number of carbonyl (C=O) groups excluding carboxylic acids is 1. The number of hydrogen-bond donors (Lipinski definition) is 2. The Labute approximate surface area is 113 Å². The lowest BCUT2D eigenvalue weighted by Crippen LogP contribution is -2.29. The molecular formula is C14H21N3O2. The molecule has 0 bridgehead atoms. The average Bonchev–Trinajstić information content (AvgIpc) is 2.48. The van der Waals surface area contributed by atoms with Crippen LogP contribution in [0.3, 0.4) is 0 Å². The Bertz CT molecular complexity index is 417. The van der Waals surface area contributed by atoms with Crippen molar-refractivity contribution in [3.63, 3.8) is 0 Å². The summed E-state index contributed by atoms with van der Waals surface area (Å²) in [7, 11) is 1.61. The largest absolute Gasteiger partial charge is 0.383 e. The highest BCUT2D eigenvalue weighted by Crippen LogP contribution is 2.23. The van der Waals surface area contributed by atoms with Gasteiger partial charge >= 0.3 is 0 Å². The first kappa shape index (κ1) is 14.0. The van der Waals surface area contributed by atoms with Crippen molar-refractivity contribution in [1.82, 2.24) is 15.6 Å². The number of nitrogens with zero attached hydrogens (tertiary/aromatic N) is 1. The molecule has 2 heterocycles. The van der Waals surface area contributed by atoms with Crippen molar-refractivity contribution in [3.8, 4) is 0 Å². The van der Waals surface area contributed by atoms with E-state index < -0.39 is 0 Å². The number of nitrogens with one attached hydrogen (secondary N) is 2. The van der Waals surface area contributed by atoms with Crippen LogP contribution in [0.4, 0.5) is 0 Å². The Morgan fingerprint density at radius 1 is 1.47 bits per heavy atom. The predicted molar refractivity (Wildman–Crippen MR) is 73.3 cm³/mol. The molecule has 1 amide bonds. The Morgan fingerprint density at radius 2 is 2.26 bits per heavy atom. The maximum atomic E-state index is 11.9. The summed E-state index contributed by atoms with van der Waals surface area (Å²) >= 11 is 0. The highest BCUT2D eigenvalue weighted by atomic mass is 16.5. The third-order valence-electron chi connectivity index (χ3n) is 3.35. The number of piperidine rings is 1. The molecule has 0 aliphatic carbocycles. The van der Waals surface area contributed by atoms with Gasteiger partial charge in [0.2, 0.25) is 0 Å². The summed E-state index contributed by atoms with van der Waals surface area (Å²) in [6.07, 6.45) is 2.17. The molecule has 5 heteroatoms. The molecule has 0 radical (unpaired) electrons. The van der Waals surface area contributed by atoms with E-state index in [2.05, 4.69) is 15.6 Å². The zero-order valence-electron chi connectivity index (χ0n) is 11.3. The van der Waals surface area contributed by atoms with Gasteiger partial charge in [-0.3, -0.25) is 4.79 Å². The summed E-state index contributed by atoms with van der Waals surface area (Å²) in [6.45, 7) is 3.07. The van der Waals surface area contributed by atoms with Gasteiger partial charge in [-0.05, 0) is 38.1 Å². The Kier molecular flexibility index (Phi) is 5.30. The molecule has 0 unspecified atom stereocenters. The van der Waals surface area contributed by atoms with E-state index in [-0.39, 0.29) is 5.91 Å². The molecule has 19 heavy (non-hydrogen) atoms. The Morgan fingerprint density at radius 3 is 3.00 bits per heavy atom. The van der Waals surface area contributed by atoms with E-state index in [1.807, 2.05) is 12.1 Å². The van der Waals surface area contributed by atoms with Crippen LogP contribution < -0.4 is 10.6 Å². The summed E-state index contributed by atoms with van der Waals surface area (Å²) in [6, 6.07) is 5.68. The Balaban J connectivity index is 1.99. The molecule has 1 aromatic rings. The van der Waals surface area contributed by atoms with Gasteiger partial charge in [0.25, 0.3) is 5.91 Å². The van der Waals surface area contributed by atoms with Crippen LogP contribution in [0.25, 0.3) is 0 Å². The molecule has 1 fully saturated rings. The zero-order chi connectivity index (χ0) is 13.5. The number of methoxy groups -OCH3 is 1. The molecule has 5 nitrogen and oxygen atoms in total. The third-order valence-corrected chi connectivity index (χ3v) is 3.35. The van der Waals surface area contributed by atoms with Gasteiger partial charge in [0.15, 0.2) is 0 Å². The van der Waals surface area contributed by atoms with Crippen LogP contribution in [-0.2, 0) is 4.74 Å². The van der Waals surface area contributed by atoms with Gasteiger partial charge in [-0.15, -0.1) is 0 Å². The van der Waals surface area contributed by atoms with Crippen molar-refractivity contribution in [2.45, 2.75) is 18.8 Å². The van der Waals surface area contributed by atoms with E-state index in [0.717, 1.165) is 31.6 Å². The van der Waals surface area contributed by atoms with E-state index in [4.69, 9.17) is 4.74 Å². The molecule has 1 saturated heterocycles. The van der Waals surface area contributed by atoms with Crippen LogP contribution in [0.15, 0.2) is 18.2 Å². The number of ether oxygens (including phenoxy) is 1. The van der Waals surface area contributed by atoms with Crippen LogP contribution in [0.5, 0.6) is 0 Å².